The highest BCUT2D eigenvalue weighted by atomic mass is 16.7. The van der Waals surface area contributed by atoms with Gasteiger partial charge in [0.2, 0.25) is 5.95 Å². The molecule has 6 heteroatoms. The number of nitrogen functional groups attached to an aromatic ring is 1. The van der Waals surface area contributed by atoms with Crippen LogP contribution in [0.2, 0.25) is 0 Å². The molecule has 1 aromatic heterocycles. The first kappa shape index (κ1) is 9.42. The fraction of sp³-hybridized carbons (Fsp3) is 0.750. The summed E-state index contributed by atoms with van der Waals surface area (Å²) in [6.07, 6.45) is 1.61. The molecule has 0 bridgehead atoms. The Morgan fingerprint density at radius 1 is 1.71 bits per heavy atom. The Balaban J connectivity index is 1.94. The zero-order valence-electron chi connectivity index (χ0n) is 8.30. The van der Waals surface area contributed by atoms with E-state index in [0.29, 0.717) is 13.2 Å². The summed E-state index contributed by atoms with van der Waals surface area (Å²) in [5, 5.41) is 3.97. The van der Waals surface area contributed by atoms with Crippen molar-refractivity contribution in [3.8, 4) is 0 Å². The lowest BCUT2D eigenvalue weighted by molar-refractivity contribution is -0.139. The molecule has 0 aliphatic carbocycles. The van der Waals surface area contributed by atoms with E-state index in [1.807, 2.05) is 13.8 Å². The Labute approximate surface area is 82.0 Å². The Morgan fingerprint density at radius 3 is 3.00 bits per heavy atom. The van der Waals surface area contributed by atoms with Crippen molar-refractivity contribution in [2.45, 2.75) is 32.3 Å². The first-order chi connectivity index (χ1) is 6.55. The standard InChI is InChI=1S/C8H14N4O2/c1-8(2)13-4-6(14-8)3-12-5-10-7(9)11-12/h5-6H,3-4H2,1-2H3,(H2,9,11). The van der Waals surface area contributed by atoms with Gasteiger partial charge in [-0.25, -0.2) is 9.67 Å². The second kappa shape index (κ2) is 3.21. The van der Waals surface area contributed by atoms with E-state index >= 15 is 0 Å². The smallest absolute Gasteiger partial charge is 0.239 e. The normalized spacial score (nSPS) is 25.4. The Bertz CT molecular complexity index is 323. The monoisotopic (exact) mass is 198 g/mol. The fourth-order valence-corrected chi connectivity index (χ4v) is 1.46. The van der Waals surface area contributed by atoms with Crippen LogP contribution < -0.4 is 5.73 Å². The van der Waals surface area contributed by atoms with Gasteiger partial charge in [0.15, 0.2) is 5.79 Å². The van der Waals surface area contributed by atoms with E-state index in [0.717, 1.165) is 0 Å². The third-order valence-electron chi connectivity index (χ3n) is 2.01. The lowest BCUT2D eigenvalue weighted by atomic mass is 10.4. The molecule has 0 spiro atoms. The molecular formula is C8H14N4O2. The van der Waals surface area contributed by atoms with Crippen LogP contribution in [0.25, 0.3) is 0 Å². The summed E-state index contributed by atoms with van der Waals surface area (Å²) in [5.41, 5.74) is 5.39. The van der Waals surface area contributed by atoms with Crippen LogP contribution in [-0.2, 0) is 16.0 Å². The maximum absolute atomic E-state index is 5.61. The van der Waals surface area contributed by atoms with Gasteiger partial charge in [-0.05, 0) is 13.8 Å². The summed E-state index contributed by atoms with van der Waals surface area (Å²) < 4.78 is 12.7. The molecule has 1 aromatic rings. The molecule has 0 aromatic carbocycles. The van der Waals surface area contributed by atoms with E-state index in [4.69, 9.17) is 15.2 Å². The second-order valence-corrected chi connectivity index (χ2v) is 3.78. The third kappa shape index (κ3) is 2.02. The summed E-state index contributed by atoms with van der Waals surface area (Å²) in [7, 11) is 0. The van der Waals surface area contributed by atoms with E-state index in [9.17, 15) is 0 Å². The molecule has 0 saturated carbocycles. The molecule has 0 amide bonds. The lowest BCUT2D eigenvalue weighted by Gasteiger charge is -2.16. The first-order valence-corrected chi connectivity index (χ1v) is 4.52. The summed E-state index contributed by atoms with van der Waals surface area (Å²) in [6, 6.07) is 0. The van der Waals surface area contributed by atoms with Crippen LogP contribution in [0.1, 0.15) is 13.8 Å². The molecule has 2 rings (SSSR count). The largest absolute Gasteiger partial charge is 0.367 e. The van der Waals surface area contributed by atoms with Crippen LogP contribution in [0.15, 0.2) is 6.33 Å². The Hall–Kier alpha value is -1.14. The summed E-state index contributed by atoms with van der Waals surface area (Å²) in [4.78, 5) is 3.83. The van der Waals surface area contributed by atoms with E-state index in [-0.39, 0.29) is 12.1 Å². The summed E-state index contributed by atoms with van der Waals surface area (Å²) in [5.74, 6) is -0.209. The topological polar surface area (TPSA) is 75.2 Å². The fourth-order valence-electron chi connectivity index (χ4n) is 1.46. The van der Waals surface area contributed by atoms with Crippen molar-refractivity contribution in [2.75, 3.05) is 12.3 Å². The van der Waals surface area contributed by atoms with Gasteiger partial charge in [0.1, 0.15) is 12.4 Å². The number of hydrogen-bond donors (Lipinski definition) is 1. The average Bonchev–Trinajstić information content (AvgIpc) is 2.59. The van der Waals surface area contributed by atoms with Crippen molar-refractivity contribution in [3.63, 3.8) is 0 Å². The maximum atomic E-state index is 5.61. The van der Waals surface area contributed by atoms with Crippen molar-refractivity contribution in [1.82, 2.24) is 14.8 Å². The molecule has 14 heavy (non-hydrogen) atoms. The number of anilines is 1. The van der Waals surface area contributed by atoms with Crippen molar-refractivity contribution >= 4 is 5.95 Å². The maximum Gasteiger partial charge on any atom is 0.239 e. The first-order valence-electron chi connectivity index (χ1n) is 4.52. The quantitative estimate of drug-likeness (QED) is 0.724. The van der Waals surface area contributed by atoms with Crippen LogP contribution in [0.3, 0.4) is 0 Å². The number of nitrogens with zero attached hydrogens (tertiary/aromatic N) is 3. The van der Waals surface area contributed by atoms with Gasteiger partial charge in [0.25, 0.3) is 0 Å². The van der Waals surface area contributed by atoms with Crippen molar-refractivity contribution in [1.29, 1.82) is 0 Å². The van der Waals surface area contributed by atoms with E-state index in [2.05, 4.69) is 10.1 Å². The molecule has 1 saturated heterocycles. The minimum atomic E-state index is -0.489. The SMILES string of the molecule is CC1(C)OCC(Cn2cnc(N)n2)O1. The highest BCUT2D eigenvalue weighted by molar-refractivity contribution is 5.09. The van der Waals surface area contributed by atoms with Crippen molar-refractivity contribution in [2.24, 2.45) is 0 Å². The predicted molar refractivity (Wildman–Crippen MR) is 49.3 cm³/mol. The van der Waals surface area contributed by atoms with Gasteiger partial charge >= 0.3 is 0 Å². The van der Waals surface area contributed by atoms with Crippen LogP contribution >= 0.6 is 0 Å². The second-order valence-electron chi connectivity index (χ2n) is 3.78. The third-order valence-corrected chi connectivity index (χ3v) is 2.01. The molecular weight excluding hydrogens is 184 g/mol. The Kier molecular flexibility index (Phi) is 2.16. The van der Waals surface area contributed by atoms with Crippen LogP contribution in [0.4, 0.5) is 5.95 Å². The molecule has 78 valence electrons. The highest BCUT2D eigenvalue weighted by Gasteiger charge is 2.32. The van der Waals surface area contributed by atoms with Gasteiger partial charge in [0, 0.05) is 0 Å². The van der Waals surface area contributed by atoms with Gasteiger partial charge in [-0.1, -0.05) is 0 Å². The molecule has 1 unspecified atom stereocenters. The van der Waals surface area contributed by atoms with Crippen molar-refractivity contribution in [3.05, 3.63) is 6.33 Å². The minimum Gasteiger partial charge on any atom is -0.367 e. The lowest BCUT2D eigenvalue weighted by Crippen LogP contribution is -2.24. The summed E-state index contributed by atoms with van der Waals surface area (Å²) in [6.45, 7) is 4.98. The van der Waals surface area contributed by atoms with Crippen LogP contribution in [-0.4, -0.2) is 33.3 Å². The zero-order chi connectivity index (χ0) is 10.2. The molecule has 1 aliphatic rings. The molecule has 2 N–H and O–H groups in total. The van der Waals surface area contributed by atoms with Crippen LogP contribution in [0, 0.1) is 0 Å². The number of rotatable bonds is 2. The molecule has 0 radical (unpaired) electrons. The number of aromatic nitrogens is 3. The van der Waals surface area contributed by atoms with Gasteiger partial charge < -0.3 is 15.2 Å². The average molecular weight is 198 g/mol. The predicted octanol–water partition coefficient (Wildman–Crippen LogP) is 0.0118. The zero-order valence-corrected chi connectivity index (χ0v) is 8.30. The number of ether oxygens (including phenoxy) is 2. The molecule has 6 nitrogen and oxygen atoms in total. The van der Waals surface area contributed by atoms with Gasteiger partial charge in [-0.15, -0.1) is 5.10 Å². The van der Waals surface area contributed by atoms with Gasteiger partial charge in [-0.2, -0.15) is 0 Å². The summed E-state index contributed by atoms with van der Waals surface area (Å²) >= 11 is 0. The minimum absolute atomic E-state index is 0.0195. The highest BCUT2D eigenvalue weighted by Crippen LogP contribution is 2.22. The molecule has 2 heterocycles. The van der Waals surface area contributed by atoms with Gasteiger partial charge in [0.05, 0.1) is 13.2 Å². The van der Waals surface area contributed by atoms with Crippen LogP contribution in [0.5, 0.6) is 0 Å². The number of nitrogens with two attached hydrogens (primary N) is 1. The van der Waals surface area contributed by atoms with Crippen molar-refractivity contribution < 1.29 is 9.47 Å². The van der Waals surface area contributed by atoms with E-state index < -0.39 is 5.79 Å². The Morgan fingerprint density at radius 2 is 2.50 bits per heavy atom. The van der Waals surface area contributed by atoms with E-state index in [1.165, 1.54) is 0 Å². The molecule has 1 atom stereocenters. The number of hydrogen-bond acceptors (Lipinski definition) is 5. The van der Waals surface area contributed by atoms with Gasteiger partial charge in [-0.3, -0.25) is 0 Å². The van der Waals surface area contributed by atoms with E-state index in [1.54, 1.807) is 11.0 Å². The molecule has 1 fully saturated rings. The molecule has 1 aliphatic heterocycles.